The van der Waals surface area contributed by atoms with Crippen molar-refractivity contribution in [2.24, 2.45) is 0 Å². The Balaban J connectivity index is 2.86. The SMILES string of the molecule is CN(C)CC(NC(=O)OC(C)(C)C)c1ccc(OC(F)(F)F)cc1. The Morgan fingerprint density at radius 2 is 1.71 bits per heavy atom. The maximum absolute atomic E-state index is 12.2. The Kier molecular flexibility index (Phi) is 6.48. The van der Waals surface area contributed by atoms with E-state index >= 15 is 0 Å². The Morgan fingerprint density at radius 3 is 2.12 bits per heavy atom. The molecule has 136 valence electrons. The van der Waals surface area contributed by atoms with E-state index in [4.69, 9.17) is 4.74 Å². The highest BCUT2D eigenvalue weighted by atomic mass is 19.4. The van der Waals surface area contributed by atoms with Crippen LogP contribution in [0.2, 0.25) is 0 Å². The molecule has 0 saturated carbocycles. The fourth-order valence-electron chi connectivity index (χ4n) is 1.95. The van der Waals surface area contributed by atoms with Crippen molar-refractivity contribution in [2.75, 3.05) is 20.6 Å². The molecule has 0 aromatic heterocycles. The van der Waals surface area contributed by atoms with Gasteiger partial charge in [0.1, 0.15) is 11.4 Å². The zero-order valence-corrected chi connectivity index (χ0v) is 14.4. The van der Waals surface area contributed by atoms with Crippen molar-refractivity contribution < 1.29 is 27.4 Å². The number of amides is 1. The summed E-state index contributed by atoms with van der Waals surface area (Å²) in [6.07, 6.45) is -5.33. The van der Waals surface area contributed by atoms with Crippen molar-refractivity contribution in [3.05, 3.63) is 29.8 Å². The highest BCUT2D eigenvalue weighted by Gasteiger charge is 2.31. The first-order valence-corrected chi connectivity index (χ1v) is 7.36. The van der Waals surface area contributed by atoms with E-state index in [9.17, 15) is 18.0 Å². The second-order valence-electron chi connectivity index (χ2n) is 6.58. The van der Waals surface area contributed by atoms with Crippen molar-refractivity contribution in [2.45, 2.75) is 38.8 Å². The number of benzene rings is 1. The van der Waals surface area contributed by atoms with Gasteiger partial charge in [-0.15, -0.1) is 13.2 Å². The van der Waals surface area contributed by atoms with E-state index in [-0.39, 0.29) is 5.75 Å². The number of carbonyl (C=O) groups is 1. The molecule has 0 heterocycles. The van der Waals surface area contributed by atoms with Crippen LogP contribution in [0, 0.1) is 0 Å². The molecule has 1 atom stereocenters. The smallest absolute Gasteiger partial charge is 0.444 e. The van der Waals surface area contributed by atoms with Crippen LogP contribution in [0.3, 0.4) is 0 Å². The number of carbonyl (C=O) groups excluding carboxylic acids is 1. The van der Waals surface area contributed by atoms with Crippen LogP contribution in [0.4, 0.5) is 18.0 Å². The number of hydrogen-bond acceptors (Lipinski definition) is 4. The summed E-state index contributed by atoms with van der Waals surface area (Å²) in [7, 11) is 3.65. The lowest BCUT2D eigenvalue weighted by molar-refractivity contribution is -0.274. The molecule has 0 aliphatic heterocycles. The summed E-state index contributed by atoms with van der Waals surface area (Å²) < 4.78 is 45.7. The molecule has 0 aliphatic carbocycles. The summed E-state index contributed by atoms with van der Waals surface area (Å²) in [5.74, 6) is -0.313. The van der Waals surface area contributed by atoms with Gasteiger partial charge < -0.3 is 19.7 Å². The molecule has 8 heteroatoms. The van der Waals surface area contributed by atoms with Gasteiger partial charge in [0.2, 0.25) is 0 Å². The van der Waals surface area contributed by atoms with E-state index in [2.05, 4.69) is 10.1 Å². The van der Waals surface area contributed by atoms with Crippen LogP contribution in [-0.2, 0) is 4.74 Å². The highest BCUT2D eigenvalue weighted by molar-refractivity contribution is 5.68. The number of nitrogens with zero attached hydrogens (tertiary/aromatic N) is 1. The zero-order chi connectivity index (χ0) is 18.5. The second-order valence-corrected chi connectivity index (χ2v) is 6.58. The average Bonchev–Trinajstić information content (AvgIpc) is 2.34. The third-order valence-corrected chi connectivity index (χ3v) is 2.75. The minimum Gasteiger partial charge on any atom is -0.444 e. The number of alkyl halides is 3. The van der Waals surface area contributed by atoms with Crippen LogP contribution in [0.15, 0.2) is 24.3 Å². The van der Waals surface area contributed by atoms with Crippen molar-refractivity contribution in [1.29, 1.82) is 0 Å². The van der Waals surface area contributed by atoms with E-state index in [1.165, 1.54) is 24.3 Å². The molecule has 0 fully saturated rings. The standard InChI is InChI=1S/C16H23F3N2O3/c1-15(2,3)24-14(22)20-13(10-21(4)5)11-6-8-12(9-7-11)23-16(17,18)19/h6-9,13H,10H2,1-5H3,(H,20,22). The predicted molar refractivity (Wildman–Crippen MR) is 83.8 cm³/mol. The van der Waals surface area contributed by atoms with Gasteiger partial charge in [0.15, 0.2) is 0 Å². The molecule has 0 aliphatic rings. The molecule has 0 radical (unpaired) electrons. The minimum absolute atomic E-state index is 0.313. The fourth-order valence-corrected chi connectivity index (χ4v) is 1.95. The van der Waals surface area contributed by atoms with Crippen LogP contribution in [-0.4, -0.2) is 43.6 Å². The quantitative estimate of drug-likeness (QED) is 0.881. The van der Waals surface area contributed by atoms with E-state index in [0.717, 1.165) is 0 Å². The van der Waals surface area contributed by atoms with Crippen LogP contribution in [0.5, 0.6) is 5.75 Å². The molecule has 5 nitrogen and oxygen atoms in total. The molecule has 1 aromatic rings. The summed E-state index contributed by atoms with van der Waals surface area (Å²) in [5, 5.41) is 2.72. The normalized spacial score (nSPS) is 13.5. The summed E-state index contributed by atoms with van der Waals surface area (Å²) in [4.78, 5) is 13.8. The Bertz CT molecular complexity index is 537. The van der Waals surface area contributed by atoms with Crippen molar-refractivity contribution in [3.8, 4) is 5.75 Å². The average molecular weight is 348 g/mol. The molecule has 0 spiro atoms. The van der Waals surface area contributed by atoms with Gasteiger partial charge in [-0.25, -0.2) is 4.79 Å². The highest BCUT2D eigenvalue weighted by Crippen LogP contribution is 2.25. The molecule has 1 amide bonds. The molecule has 1 aromatic carbocycles. The lowest BCUT2D eigenvalue weighted by Gasteiger charge is -2.26. The van der Waals surface area contributed by atoms with Gasteiger partial charge in [-0.1, -0.05) is 12.1 Å². The van der Waals surface area contributed by atoms with Gasteiger partial charge in [-0.3, -0.25) is 0 Å². The van der Waals surface area contributed by atoms with E-state index < -0.39 is 24.1 Å². The monoisotopic (exact) mass is 348 g/mol. The van der Waals surface area contributed by atoms with Gasteiger partial charge in [0.05, 0.1) is 6.04 Å². The molecule has 1 N–H and O–H groups in total. The Hall–Kier alpha value is -1.96. The van der Waals surface area contributed by atoms with Crippen molar-refractivity contribution >= 4 is 6.09 Å². The van der Waals surface area contributed by atoms with Crippen LogP contribution in [0.25, 0.3) is 0 Å². The van der Waals surface area contributed by atoms with Crippen LogP contribution >= 0.6 is 0 Å². The minimum atomic E-state index is -4.74. The third-order valence-electron chi connectivity index (χ3n) is 2.75. The van der Waals surface area contributed by atoms with Crippen molar-refractivity contribution in [1.82, 2.24) is 10.2 Å². The first kappa shape index (κ1) is 20.1. The summed E-state index contributed by atoms with van der Waals surface area (Å²) in [6.45, 7) is 5.70. The van der Waals surface area contributed by atoms with Gasteiger partial charge in [0.25, 0.3) is 0 Å². The Labute approximate surface area is 139 Å². The number of ether oxygens (including phenoxy) is 2. The van der Waals surface area contributed by atoms with Crippen LogP contribution < -0.4 is 10.1 Å². The number of likely N-dealkylation sites (N-methyl/N-ethyl adjacent to an activating group) is 1. The lowest BCUT2D eigenvalue weighted by Crippen LogP contribution is -2.38. The molecule has 0 saturated heterocycles. The maximum Gasteiger partial charge on any atom is 0.573 e. The van der Waals surface area contributed by atoms with Crippen molar-refractivity contribution in [3.63, 3.8) is 0 Å². The van der Waals surface area contributed by atoms with E-state index in [1.54, 1.807) is 20.8 Å². The predicted octanol–water partition coefficient (Wildman–Crippen LogP) is 3.71. The van der Waals surface area contributed by atoms with Gasteiger partial charge in [-0.2, -0.15) is 0 Å². The number of nitrogens with one attached hydrogen (secondary N) is 1. The third kappa shape index (κ3) is 8.05. The van der Waals surface area contributed by atoms with E-state index in [0.29, 0.717) is 12.1 Å². The summed E-state index contributed by atoms with van der Waals surface area (Å²) >= 11 is 0. The van der Waals surface area contributed by atoms with Crippen LogP contribution in [0.1, 0.15) is 32.4 Å². The van der Waals surface area contributed by atoms with E-state index in [1.807, 2.05) is 19.0 Å². The second kappa shape index (κ2) is 7.74. The van der Waals surface area contributed by atoms with Gasteiger partial charge in [0, 0.05) is 6.54 Å². The molecule has 1 rings (SSSR count). The number of alkyl carbamates (subject to hydrolysis) is 1. The fraction of sp³-hybridized carbons (Fsp3) is 0.562. The number of rotatable bonds is 5. The topological polar surface area (TPSA) is 50.8 Å². The molecular weight excluding hydrogens is 325 g/mol. The Morgan fingerprint density at radius 1 is 1.17 bits per heavy atom. The molecule has 0 bridgehead atoms. The maximum atomic E-state index is 12.2. The molecular formula is C16H23F3N2O3. The zero-order valence-electron chi connectivity index (χ0n) is 14.4. The van der Waals surface area contributed by atoms with Gasteiger partial charge in [-0.05, 0) is 52.6 Å². The first-order valence-electron chi connectivity index (χ1n) is 7.36. The molecule has 24 heavy (non-hydrogen) atoms. The lowest BCUT2D eigenvalue weighted by atomic mass is 10.1. The van der Waals surface area contributed by atoms with Gasteiger partial charge >= 0.3 is 12.5 Å². The molecule has 1 unspecified atom stereocenters. The largest absolute Gasteiger partial charge is 0.573 e. The number of hydrogen-bond donors (Lipinski definition) is 1. The summed E-state index contributed by atoms with van der Waals surface area (Å²) in [6, 6.07) is 4.94. The first-order chi connectivity index (χ1) is 10.9. The number of halogens is 3. The summed E-state index contributed by atoms with van der Waals surface area (Å²) in [5.41, 5.74) is 0.000960.